The second kappa shape index (κ2) is 22.4. The highest BCUT2D eigenvalue weighted by atomic mass is 15.1. The molecule has 0 fully saturated rings. The molecule has 0 aliphatic heterocycles. The van der Waals surface area contributed by atoms with Crippen molar-refractivity contribution in [3.05, 3.63) is 18.2 Å². The number of imidazole rings is 1. The molecule has 0 radical (unpaired) electrons. The van der Waals surface area contributed by atoms with E-state index in [1.54, 1.807) is 0 Å². The van der Waals surface area contributed by atoms with Gasteiger partial charge in [0.15, 0.2) is 0 Å². The summed E-state index contributed by atoms with van der Waals surface area (Å²) in [5.74, 6) is 2.62. The Bertz CT molecular complexity index is 561. The molecule has 0 aliphatic rings. The maximum absolute atomic E-state index is 4.86. The van der Waals surface area contributed by atoms with Gasteiger partial charge < -0.3 is 4.57 Å². The van der Waals surface area contributed by atoms with Crippen molar-refractivity contribution >= 4 is 0 Å². The zero-order valence-electron chi connectivity index (χ0n) is 24.8. The molecule has 0 N–H and O–H groups in total. The van der Waals surface area contributed by atoms with Gasteiger partial charge in [0.2, 0.25) is 0 Å². The molecule has 2 unspecified atom stereocenters. The van der Waals surface area contributed by atoms with Gasteiger partial charge in [0.05, 0.1) is 0 Å². The van der Waals surface area contributed by atoms with Crippen molar-refractivity contribution < 1.29 is 0 Å². The van der Waals surface area contributed by atoms with Gasteiger partial charge in [-0.3, -0.25) is 0 Å². The Balaban J connectivity index is 2.13. The number of unbranched alkanes of at least 4 members (excludes halogenated alkanes) is 18. The van der Waals surface area contributed by atoms with Gasteiger partial charge in [-0.15, -0.1) is 0 Å². The van der Waals surface area contributed by atoms with E-state index in [0.717, 1.165) is 0 Å². The van der Waals surface area contributed by atoms with E-state index >= 15 is 0 Å². The summed E-state index contributed by atoms with van der Waals surface area (Å²) in [4.78, 5) is 4.86. The summed E-state index contributed by atoms with van der Waals surface area (Å²) in [7, 11) is 0. The molecule has 0 saturated heterocycles. The van der Waals surface area contributed by atoms with Gasteiger partial charge in [0, 0.05) is 24.4 Å². The van der Waals surface area contributed by atoms with E-state index in [-0.39, 0.29) is 0 Å². The zero-order valence-corrected chi connectivity index (χ0v) is 24.8. The maximum Gasteiger partial charge on any atom is 0.112 e. The van der Waals surface area contributed by atoms with Crippen molar-refractivity contribution in [2.45, 2.75) is 188 Å². The van der Waals surface area contributed by atoms with E-state index in [0.29, 0.717) is 17.9 Å². The molecule has 0 aliphatic carbocycles. The first-order chi connectivity index (χ1) is 17.1. The minimum atomic E-state index is 0.579. The molecule has 0 saturated carbocycles. The van der Waals surface area contributed by atoms with Crippen LogP contribution in [0.4, 0.5) is 0 Å². The molecule has 1 aromatic heterocycles. The molecule has 2 nitrogen and oxygen atoms in total. The van der Waals surface area contributed by atoms with E-state index in [2.05, 4.69) is 45.4 Å². The van der Waals surface area contributed by atoms with E-state index < -0.39 is 0 Å². The summed E-state index contributed by atoms with van der Waals surface area (Å²) in [6.07, 6.45) is 35.3. The summed E-state index contributed by atoms with van der Waals surface area (Å²) < 4.78 is 2.51. The van der Waals surface area contributed by atoms with Crippen molar-refractivity contribution in [2.75, 3.05) is 0 Å². The fourth-order valence-electron chi connectivity index (χ4n) is 5.66. The topological polar surface area (TPSA) is 17.8 Å². The third-order valence-electron chi connectivity index (χ3n) is 8.15. The minimum Gasteiger partial charge on any atom is -0.332 e. The largest absolute Gasteiger partial charge is 0.332 e. The van der Waals surface area contributed by atoms with Crippen LogP contribution in [0.1, 0.15) is 194 Å². The Morgan fingerprint density at radius 1 is 0.571 bits per heavy atom. The SMILES string of the molecule is CCCCCCCCCCCCCCCCCC(C)n1ccnc1C(CCCCCCC)C(C)C. The molecule has 206 valence electrons. The lowest BCUT2D eigenvalue weighted by Gasteiger charge is -2.25. The summed E-state index contributed by atoms with van der Waals surface area (Å²) in [6, 6.07) is 0.579. The van der Waals surface area contributed by atoms with Crippen molar-refractivity contribution in [1.82, 2.24) is 9.55 Å². The highest BCUT2D eigenvalue weighted by Gasteiger charge is 2.22. The highest BCUT2D eigenvalue weighted by Crippen LogP contribution is 2.31. The Morgan fingerprint density at radius 2 is 0.971 bits per heavy atom. The molecular formula is C33H64N2. The van der Waals surface area contributed by atoms with E-state index in [9.17, 15) is 0 Å². The standard InChI is InChI=1S/C33H64N2/c1-6-8-10-12-13-14-15-16-17-18-19-20-21-23-24-26-31(5)35-29-28-34-33(35)32(30(3)4)27-25-22-11-9-7-2/h28-32H,6-27H2,1-5H3. The molecule has 1 heterocycles. The second-order valence-corrected chi connectivity index (χ2v) is 11.8. The molecule has 1 aromatic rings. The Labute approximate surface area is 221 Å². The number of nitrogens with zero attached hydrogens (tertiary/aromatic N) is 2. The summed E-state index contributed by atoms with van der Waals surface area (Å²) in [5, 5.41) is 0. The van der Waals surface area contributed by atoms with Crippen molar-refractivity contribution in [2.24, 2.45) is 5.92 Å². The quantitative estimate of drug-likeness (QED) is 0.125. The van der Waals surface area contributed by atoms with Crippen LogP contribution < -0.4 is 0 Å². The van der Waals surface area contributed by atoms with Crippen molar-refractivity contribution in [3.8, 4) is 0 Å². The number of hydrogen-bond acceptors (Lipinski definition) is 1. The molecule has 2 atom stereocenters. The minimum absolute atomic E-state index is 0.579. The van der Waals surface area contributed by atoms with Crippen molar-refractivity contribution in [1.29, 1.82) is 0 Å². The average Bonchev–Trinajstić information content (AvgIpc) is 3.33. The Kier molecular flexibility index (Phi) is 20.6. The third-order valence-corrected chi connectivity index (χ3v) is 8.15. The number of hydrogen-bond donors (Lipinski definition) is 0. The Hall–Kier alpha value is -0.790. The third kappa shape index (κ3) is 15.8. The first kappa shape index (κ1) is 32.2. The molecule has 0 spiro atoms. The number of aromatic nitrogens is 2. The number of rotatable bonds is 25. The lowest BCUT2D eigenvalue weighted by atomic mass is 9.89. The molecule has 2 heteroatoms. The zero-order chi connectivity index (χ0) is 25.6. The van der Waals surface area contributed by atoms with Crippen LogP contribution in [0, 0.1) is 5.92 Å². The Morgan fingerprint density at radius 3 is 1.40 bits per heavy atom. The van der Waals surface area contributed by atoms with Gasteiger partial charge in [-0.05, 0) is 25.7 Å². The van der Waals surface area contributed by atoms with Crippen LogP contribution in [0.25, 0.3) is 0 Å². The summed E-state index contributed by atoms with van der Waals surface area (Å²) >= 11 is 0. The normalized spacial score (nSPS) is 13.5. The van der Waals surface area contributed by atoms with Crippen molar-refractivity contribution in [3.63, 3.8) is 0 Å². The van der Waals surface area contributed by atoms with Crippen LogP contribution in [-0.4, -0.2) is 9.55 Å². The van der Waals surface area contributed by atoms with Gasteiger partial charge >= 0.3 is 0 Å². The second-order valence-electron chi connectivity index (χ2n) is 11.8. The first-order valence-corrected chi connectivity index (χ1v) is 16.1. The van der Waals surface area contributed by atoms with Crippen LogP contribution >= 0.6 is 0 Å². The maximum atomic E-state index is 4.86. The first-order valence-electron chi connectivity index (χ1n) is 16.1. The van der Waals surface area contributed by atoms with E-state index in [4.69, 9.17) is 4.98 Å². The van der Waals surface area contributed by atoms with Crippen LogP contribution in [0.15, 0.2) is 12.4 Å². The predicted molar refractivity (Wildman–Crippen MR) is 157 cm³/mol. The fraction of sp³-hybridized carbons (Fsp3) is 0.909. The van der Waals surface area contributed by atoms with Gasteiger partial charge in [0.1, 0.15) is 5.82 Å². The molecule has 0 aromatic carbocycles. The van der Waals surface area contributed by atoms with Gasteiger partial charge in [-0.25, -0.2) is 4.98 Å². The van der Waals surface area contributed by atoms with Crippen LogP contribution in [0.2, 0.25) is 0 Å². The molecule has 0 bridgehead atoms. The molecular weight excluding hydrogens is 424 g/mol. The molecule has 35 heavy (non-hydrogen) atoms. The van der Waals surface area contributed by atoms with Gasteiger partial charge in [-0.2, -0.15) is 0 Å². The summed E-state index contributed by atoms with van der Waals surface area (Å²) in [6.45, 7) is 11.8. The van der Waals surface area contributed by atoms with E-state index in [1.165, 1.54) is 147 Å². The summed E-state index contributed by atoms with van der Waals surface area (Å²) in [5.41, 5.74) is 0. The van der Waals surface area contributed by atoms with Gasteiger partial charge in [0.25, 0.3) is 0 Å². The van der Waals surface area contributed by atoms with Gasteiger partial charge in [-0.1, -0.05) is 156 Å². The molecule has 1 rings (SSSR count). The molecule has 0 amide bonds. The van der Waals surface area contributed by atoms with Crippen LogP contribution in [0.3, 0.4) is 0 Å². The highest BCUT2D eigenvalue weighted by molar-refractivity contribution is 5.03. The van der Waals surface area contributed by atoms with Crippen LogP contribution in [0.5, 0.6) is 0 Å². The van der Waals surface area contributed by atoms with Crippen LogP contribution in [-0.2, 0) is 0 Å². The van der Waals surface area contributed by atoms with E-state index in [1.807, 2.05) is 6.20 Å². The fourth-order valence-corrected chi connectivity index (χ4v) is 5.66. The monoisotopic (exact) mass is 489 g/mol. The average molecular weight is 489 g/mol. The smallest absolute Gasteiger partial charge is 0.112 e. The predicted octanol–water partition coefficient (Wildman–Crippen LogP) is 11.8. The lowest BCUT2D eigenvalue weighted by molar-refractivity contribution is 0.383. The lowest BCUT2D eigenvalue weighted by Crippen LogP contribution is -2.16.